The van der Waals surface area contributed by atoms with Gasteiger partial charge in [-0.05, 0) is 134 Å². The first-order valence-electron chi connectivity index (χ1n) is 22.4. The van der Waals surface area contributed by atoms with Crippen LogP contribution in [0.2, 0.25) is 0 Å². The van der Waals surface area contributed by atoms with Gasteiger partial charge in [-0.2, -0.15) is 0 Å². The molecule has 12 nitrogen and oxygen atoms in total. The van der Waals surface area contributed by atoms with Gasteiger partial charge in [0, 0.05) is 23.6 Å². The number of rotatable bonds is 30. The second kappa shape index (κ2) is 19.9. The van der Waals surface area contributed by atoms with Crippen molar-refractivity contribution >= 4 is 23.9 Å². The Hall–Kier alpha value is -4.48. The van der Waals surface area contributed by atoms with Crippen LogP contribution in [0, 0.1) is 21.7 Å². The van der Waals surface area contributed by atoms with E-state index < -0.39 is 51.6 Å². The summed E-state index contributed by atoms with van der Waals surface area (Å²) >= 11 is 0. The Balaban J connectivity index is 1.17. The molecule has 0 heterocycles. The minimum atomic E-state index is -1.14. The van der Waals surface area contributed by atoms with Crippen molar-refractivity contribution in [1.82, 2.24) is 0 Å². The molecule has 60 heavy (non-hydrogen) atoms. The summed E-state index contributed by atoms with van der Waals surface area (Å²) in [7, 11) is 0. The number of ether oxygens (including phenoxy) is 1. The van der Waals surface area contributed by atoms with Crippen molar-refractivity contribution in [2.75, 3.05) is 0 Å². The number of phenols is 3. The zero-order valence-corrected chi connectivity index (χ0v) is 35.7. The minimum absolute atomic E-state index is 0.0159. The van der Waals surface area contributed by atoms with Crippen molar-refractivity contribution in [2.24, 2.45) is 21.7 Å². The van der Waals surface area contributed by atoms with Gasteiger partial charge in [0.1, 0.15) is 23.0 Å². The zero-order valence-electron chi connectivity index (χ0n) is 35.7. The van der Waals surface area contributed by atoms with E-state index in [0.717, 1.165) is 101 Å². The lowest BCUT2D eigenvalue weighted by atomic mass is 9.87. The van der Waals surface area contributed by atoms with Crippen LogP contribution in [-0.4, -0.2) is 65.7 Å². The fraction of sp³-hybridized carbons (Fsp3) is 0.667. The predicted molar refractivity (Wildman–Crippen MR) is 226 cm³/mol. The fourth-order valence-electron chi connectivity index (χ4n) is 9.09. The maximum atomic E-state index is 12.7. The molecule has 3 fully saturated rings. The van der Waals surface area contributed by atoms with Crippen LogP contribution in [0.1, 0.15) is 171 Å². The quantitative estimate of drug-likeness (QED) is 0.0289. The van der Waals surface area contributed by atoms with Gasteiger partial charge in [-0.25, -0.2) is 0 Å². The molecule has 7 N–H and O–H groups in total. The first kappa shape index (κ1) is 46.6. The van der Waals surface area contributed by atoms with E-state index in [1.165, 1.54) is 6.07 Å². The van der Waals surface area contributed by atoms with Crippen molar-refractivity contribution in [1.29, 1.82) is 0 Å². The van der Waals surface area contributed by atoms with Crippen LogP contribution in [0.5, 0.6) is 23.0 Å². The van der Waals surface area contributed by atoms with Gasteiger partial charge in [0.2, 0.25) is 0 Å². The number of carboxylic acids is 4. The molecule has 12 heteroatoms. The number of aromatic hydroxyl groups is 3. The van der Waals surface area contributed by atoms with Crippen molar-refractivity contribution in [3.63, 3.8) is 0 Å². The van der Waals surface area contributed by atoms with E-state index in [9.17, 15) is 54.9 Å². The second-order valence-electron chi connectivity index (χ2n) is 19.0. The van der Waals surface area contributed by atoms with Crippen LogP contribution >= 0.6 is 0 Å². The summed E-state index contributed by atoms with van der Waals surface area (Å²) in [5.41, 5.74) is 0.0353. The van der Waals surface area contributed by atoms with E-state index >= 15 is 0 Å². The zero-order chi connectivity index (χ0) is 43.7. The maximum Gasteiger partial charge on any atom is 0.313 e. The highest BCUT2D eigenvalue weighted by Gasteiger charge is 2.62. The number of unbranched alkanes of at least 4 members (excludes halogenated alkanes) is 8. The lowest BCUT2D eigenvalue weighted by molar-refractivity contribution is -0.147. The summed E-state index contributed by atoms with van der Waals surface area (Å²) in [5, 5.41) is 72.4. The van der Waals surface area contributed by atoms with Gasteiger partial charge in [-0.15, -0.1) is 0 Å². The molecule has 2 aromatic rings. The molecular weight excluding hydrogens is 769 g/mol. The van der Waals surface area contributed by atoms with Crippen LogP contribution in [0.4, 0.5) is 0 Å². The topological polar surface area (TPSA) is 219 Å². The first-order chi connectivity index (χ1) is 28.5. The number of hydrogen-bond donors (Lipinski definition) is 7. The minimum Gasteiger partial charge on any atom is -0.508 e. The standard InChI is InChI=1S/C48H68O12/c1-45(2,41(52)53)22-11-5-3-8-20-35-34(19-7-4-6-12-23-46(26-27-46)42(54)55)37(50)30-38(40(35)51)60-39-31-48(39,44(58)59)25-14-10-18-33-32(17-15-21-36(33)49)16-9-13-24-47(28-29-47)43(56)57/h15,17,21,30,39,49-51H,3-14,16,18-20,22-29,31H2,1-2H3,(H,52,53)(H,54,55)(H,56,57)(H,58,59). The normalized spacial score (nSPS) is 19.7. The molecule has 3 aliphatic carbocycles. The molecule has 332 valence electrons. The van der Waals surface area contributed by atoms with Gasteiger partial charge in [0.15, 0.2) is 11.5 Å². The fourth-order valence-corrected chi connectivity index (χ4v) is 9.09. The van der Waals surface area contributed by atoms with Crippen molar-refractivity contribution in [2.45, 2.75) is 180 Å². The van der Waals surface area contributed by atoms with E-state index in [1.54, 1.807) is 19.9 Å². The number of phenolic OH excluding ortho intramolecular Hbond substituents is 3. The Kier molecular flexibility index (Phi) is 15.5. The second-order valence-corrected chi connectivity index (χ2v) is 19.0. The number of carbonyl (C=O) groups is 4. The third-order valence-electron chi connectivity index (χ3n) is 14.1. The van der Waals surface area contributed by atoms with E-state index in [-0.39, 0.29) is 29.4 Å². The summed E-state index contributed by atoms with van der Waals surface area (Å²) in [6.07, 6.45) is 16.2. The van der Waals surface area contributed by atoms with Crippen molar-refractivity contribution < 1.29 is 59.7 Å². The number of aliphatic carboxylic acids is 4. The molecule has 0 aliphatic heterocycles. The van der Waals surface area contributed by atoms with E-state index in [1.807, 2.05) is 12.1 Å². The Morgan fingerprint density at radius 1 is 0.617 bits per heavy atom. The van der Waals surface area contributed by atoms with Crippen LogP contribution < -0.4 is 4.74 Å². The molecule has 5 rings (SSSR count). The summed E-state index contributed by atoms with van der Waals surface area (Å²) in [4.78, 5) is 47.3. The molecule has 0 bridgehead atoms. The number of benzene rings is 2. The van der Waals surface area contributed by atoms with Gasteiger partial charge < -0.3 is 40.5 Å². The third-order valence-corrected chi connectivity index (χ3v) is 14.1. The lowest BCUT2D eigenvalue weighted by Gasteiger charge is -2.20. The smallest absolute Gasteiger partial charge is 0.313 e. The molecule has 3 saturated carbocycles. The Morgan fingerprint density at radius 2 is 1.13 bits per heavy atom. The van der Waals surface area contributed by atoms with Crippen LogP contribution in [0.3, 0.4) is 0 Å². The average molecular weight is 837 g/mol. The van der Waals surface area contributed by atoms with Gasteiger partial charge in [0.05, 0.1) is 16.2 Å². The van der Waals surface area contributed by atoms with Crippen LogP contribution in [-0.2, 0) is 44.9 Å². The molecule has 0 spiro atoms. The molecule has 0 aromatic heterocycles. The highest BCUT2D eigenvalue weighted by atomic mass is 16.5. The Labute approximate surface area is 354 Å². The Bertz CT molecular complexity index is 1840. The monoisotopic (exact) mass is 836 g/mol. The molecule has 3 aliphatic rings. The molecular formula is C48H68O12. The number of hydrogen-bond acceptors (Lipinski definition) is 8. The summed E-state index contributed by atoms with van der Waals surface area (Å²) in [5.74, 6) is -3.08. The van der Waals surface area contributed by atoms with E-state index in [2.05, 4.69) is 0 Å². The van der Waals surface area contributed by atoms with E-state index in [4.69, 9.17) is 4.74 Å². The van der Waals surface area contributed by atoms with Gasteiger partial charge in [-0.3, -0.25) is 19.2 Å². The summed E-state index contributed by atoms with van der Waals surface area (Å²) < 4.78 is 6.21. The molecule has 2 unspecified atom stereocenters. The highest BCUT2D eigenvalue weighted by molar-refractivity contribution is 5.80. The molecule has 2 aromatic carbocycles. The summed E-state index contributed by atoms with van der Waals surface area (Å²) in [6.45, 7) is 3.43. The first-order valence-corrected chi connectivity index (χ1v) is 22.4. The van der Waals surface area contributed by atoms with Crippen LogP contribution in [0.15, 0.2) is 24.3 Å². The number of aryl methyl sites for hydroxylation is 1. The lowest BCUT2D eigenvalue weighted by Crippen LogP contribution is -2.23. The van der Waals surface area contributed by atoms with Gasteiger partial charge in [-0.1, -0.05) is 63.5 Å². The summed E-state index contributed by atoms with van der Waals surface area (Å²) in [6, 6.07) is 6.85. The van der Waals surface area contributed by atoms with Gasteiger partial charge >= 0.3 is 23.9 Å². The molecule has 2 atom stereocenters. The van der Waals surface area contributed by atoms with Crippen molar-refractivity contribution in [3.8, 4) is 23.0 Å². The van der Waals surface area contributed by atoms with Gasteiger partial charge in [0.25, 0.3) is 0 Å². The van der Waals surface area contributed by atoms with Crippen molar-refractivity contribution in [3.05, 3.63) is 46.5 Å². The SMILES string of the molecule is CC(C)(CCCCCCc1c(O)c(OC2CC2(CCCCc2c(O)cccc2CCCCC2(C(=O)O)CC2)C(=O)O)cc(O)c1CCCCCCC1(C(=O)O)CC1)C(=O)O. The molecule has 0 amide bonds. The largest absolute Gasteiger partial charge is 0.508 e. The average Bonchev–Trinajstić information content (AvgIpc) is 4.10. The van der Waals surface area contributed by atoms with Crippen LogP contribution in [0.25, 0.3) is 0 Å². The predicted octanol–water partition coefficient (Wildman–Crippen LogP) is 9.98. The molecule has 0 saturated heterocycles. The Morgan fingerprint density at radius 3 is 1.72 bits per heavy atom. The maximum absolute atomic E-state index is 12.7. The molecule has 0 radical (unpaired) electrons. The highest BCUT2D eigenvalue weighted by Crippen LogP contribution is 2.55. The number of carboxylic acid groups (broad SMARTS) is 4. The third kappa shape index (κ3) is 11.7. The van der Waals surface area contributed by atoms with E-state index in [0.29, 0.717) is 75.3 Å².